The van der Waals surface area contributed by atoms with Crippen molar-refractivity contribution in [1.29, 1.82) is 0 Å². The fourth-order valence-electron chi connectivity index (χ4n) is 1.56. The average molecular weight is 244 g/mol. The van der Waals surface area contributed by atoms with Crippen LogP contribution in [0.5, 0.6) is 0 Å². The Balaban J connectivity index is 2.00. The van der Waals surface area contributed by atoms with E-state index in [2.05, 4.69) is 36.2 Å². The summed E-state index contributed by atoms with van der Waals surface area (Å²) in [6, 6.07) is 10.7. The molecule has 0 saturated carbocycles. The van der Waals surface area contributed by atoms with Crippen LogP contribution in [0.3, 0.4) is 0 Å². The highest BCUT2D eigenvalue weighted by Gasteiger charge is 2.00. The first-order chi connectivity index (χ1) is 8.29. The smallest absolute Gasteiger partial charge is 0.0638 e. The van der Waals surface area contributed by atoms with E-state index in [1.165, 1.54) is 11.1 Å². The summed E-state index contributed by atoms with van der Waals surface area (Å²) in [7, 11) is 0. The van der Waals surface area contributed by atoms with Crippen molar-refractivity contribution >= 4 is 17.4 Å². The predicted molar refractivity (Wildman–Crippen MR) is 74.0 cm³/mol. The number of aromatic nitrogens is 1. The zero-order valence-electron chi connectivity index (χ0n) is 9.89. The summed E-state index contributed by atoms with van der Waals surface area (Å²) in [5, 5.41) is 0. The average Bonchev–Trinajstić information content (AvgIpc) is 2.38. The van der Waals surface area contributed by atoms with Gasteiger partial charge in [0, 0.05) is 16.8 Å². The Morgan fingerprint density at radius 3 is 2.47 bits per heavy atom. The Morgan fingerprint density at radius 1 is 1.12 bits per heavy atom. The second kappa shape index (κ2) is 5.73. The van der Waals surface area contributed by atoms with Gasteiger partial charge < -0.3 is 5.73 Å². The van der Waals surface area contributed by atoms with Crippen LogP contribution in [0.2, 0.25) is 0 Å². The Hall–Kier alpha value is -1.48. The molecule has 0 bridgehead atoms. The summed E-state index contributed by atoms with van der Waals surface area (Å²) in [5.74, 6) is 0.943. The van der Waals surface area contributed by atoms with E-state index in [4.69, 9.17) is 5.73 Å². The van der Waals surface area contributed by atoms with Crippen molar-refractivity contribution in [3.63, 3.8) is 0 Å². The molecule has 2 rings (SSSR count). The Labute approximate surface area is 106 Å². The van der Waals surface area contributed by atoms with Crippen LogP contribution >= 0.6 is 11.8 Å². The maximum atomic E-state index is 5.85. The largest absolute Gasteiger partial charge is 0.397 e. The van der Waals surface area contributed by atoms with Gasteiger partial charge in [-0.15, -0.1) is 11.8 Å². The molecule has 0 fully saturated rings. The summed E-state index contributed by atoms with van der Waals surface area (Å²) in [6.07, 6.45) is 4.56. The molecule has 1 aromatic carbocycles. The molecule has 0 atom stereocenters. The molecule has 0 amide bonds. The Kier molecular flexibility index (Phi) is 4.04. The van der Waals surface area contributed by atoms with E-state index < -0.39 is 0 Å². The van der Waals surface area contributed by atoms with Crippen LogP contribution in [0.1, 0.15) is 18.1 Å². The fraction of sp³-hybridized carbons (Fsp3) is 0.214. The maximum absolute atomic E-state index is 5.85. The first-order valence-corrected chi connectivity index (χ1v) is 6.68. The molecule has 1 aromatic heterocycles. The summed E-state index contributed by atoms with van der Waals surface area (Å²) in [5.41, 5.74) is 9.30. The summed E-state index contributed by atoms with van der Waals surface area (Å²) in [4.78, 5) is 5.08. The van der Waals surface area contributed by atoms with E-state index >= 15 is 0 Å². The molecule has 3 heteroatoms. The number of hydrogen-bond donors (Lipinski definition) is 1. The fourth-order valence-corrected chi connectivity index (χ4v) is 2.45. The lowest BCUT2D eigenvalue weighted by molar-refractivity contribution is 1.13. The third-order valence-corrected chi connectivity index (χ3v) is 3.80. The van der Waals surface area contributed by atoms with Gasteiger partial charge in [0.1, 0.15) is 0 Å². The first-order valence-electron chi connectivity index (χ1n) is 5.69. The molecule has 0 aliphatic rings. The topological polar surface area (TPSA) is 38.9 Å². The highest BCUT2D eigenvalue weighted by Crippen LogP contribution is 2.27. The second-order valence-corrected chi connectivity index (χ2v) is 4.89. The molecule has 0 aliphatic heterocycles. The third kappa shape index (κ3) is 3.24. The van der Waals surface area contributed by atoms with Crippen molar-refractivity contribution in [2.75, 3.05) is 5.73 Å². The van der Waals surface area contributed by atoms with Crippen molar-refractivity contribution in [3.8, 4) is 0 Å². The highest BCUT2D eigenvalue weighted by molar-refractivity contribution is 7.98. The van der Waals surface area contributed by atoms with Crippen LogP contribution in [-0.4, -0.2) is 4.98 Å². The van der Waals surface area contributed by atoms with E-state index in [0.29, 0.717) is 0 Å². The Morgan fingerprint density at radius 2 is 1.82 bits per heavy atom. The number of rotatable bonds is 4. The first kappa shape index (κ1) is 12.0. The molecule has 1 heterocycles. The molecule has 0 unspecified atom stereocenters. The molecular formula is C14H16N2S. The third-order valence-electron chi connectivity index (χ3n) is 2.64. The molecular weight excluding hydrogens is 228 g/mol. The van der Waals surface area contributed by atoms with E-state index in [1.54, 1.807) is 24.2 Å². The van der Waals surface area contributed by atoms with E-state index in [-0.39, 0.29) is 0 Å². The van der Waals surface area contributed by atoms with Crippen LogP contribution in [-0.2, 0) is 12.2 Å². The number of pyridine rings is 1. The lowest BCUT2D eigenvalue weighted by atomic mass is 10.1. The molecule has 2 N–H and O–H groups in total. The van der Waals surface area contributed by atoms with Gasteiger partial charge in [-0.2, -0.15) is 0 Å². The SMILES string of the molecule is CCc1ccc(CSc2ccncc2N)cc1. The molecule has 0 spiro atoms. The maximum Gasteiger partial charge on any atom is 0.0638 e. The zero-order chi connectivity index (χ0) is 12.1. The van der Waals surface area contributed by atoms with Gasteiger partial charge in [0.05, 0.1) is 11.9 Å². The normalized spacial score (nSPS) is 10.4. The van der Waals surface area contributed by atoms with Crippen molar-refractivity contribution in [2.45, 2.75) is 24.0 Å². The lowest BCUT2D eigenvalue weighted by Crippen LogP contribution is -1.90. The lowest BCUT2D eigenvalue weighted by Gasteiger charge is -2.05. The van der Waals surface area contributed by atoms with Gasteiger partial charge in [0.15, 0.2) is 0 Å². The van der Waals surface area contributed by atoms with Crippen molar-refractivity contribution in [1.82, 2.24) is 4.98 Å². The van der Waals surface area contributed by atoms with Crippen molar-refractivity contribution < 1.29 is 0 Å². The number of nitrogens with two attached hydrogens (primary N) is 1. The van der Waals surface area contributed by atoms with Crippen LogP contribution in [0.25, 0.3) is 0 Å². The number of benzene rings is 1. The quantitative estimate of drug-likeness (QED) is 0.836. The summed E-state index contributed by atoms with van der Waals surface area (Å²) >= 11 is 1.75. The van der Waals surface area contributed by atoms with Gasteiger partial charge >= 0.3 is 0 Å². The van der Waals surface area contributed by atoms with Gasteiger partial charge in [-0.3, -0.25) is 4.98 Å². The van der Waals surface area contributed by atoms with Gasteiger partial charge in [0.2, 0.25) is 0 Å². The number of nitrogens with zero attached hydrogens (tertiary/aromatic N) is 1. The van der Waals surface area contributed by atoms with E-state index in [9.17, 15) is 0 Å². The van der Waals surface area contributed by atoms with Crippen molar-refractivity contribution in [3.05, 3.63) is 53.9 Å². The van der Waals surface area contributed by atoms with Gasteiger partial charge in [0.25, 0.3) is 0 Å². The highest BCUT2D eigenvalue weighted by atomic mass is 32.2. The number of nitrogen functional groups attached to an aromatic ring is 1. The van der Waals surface area contributed by atoms with E-state index in [1.807, 2.05) is 6.07 Å². The molecule has 2 nitrogen and oxygen atoms in total. The number of aryl methyl sites for hydroxylation is 1. The zero-order valence-corrected chi connectivity index (χ0v) is 10.7. The monoisotopic (exact) mass is 244 g/mol. The summed E-state index contributed by atoms with van der Waals surface area (Å²) < 4.78 is 0. The molecule has 0 radical (unpaired) electrons. The van der Waals surface area contributed by atoms with E-state index in [0.717, 1.165) is 22.8 Å². The Bertz CT molecular complexity index is 480. The molecule has 2 aromatic rings. The van der Waals surface area contributed by atoms with Crippen LogP contribution in [0, 0.1) is 0 Å². The molecule has 17 heavy (non-hydrogen) atoms. The number of thioether (sulfide) groups is 1. The van der Waals surface area contributed by atoms with Crippen LogP contribution < -0.4 is 5.73 Å². The molecule has 0 saturated heterocycles. The summed E-state index contributed by atoms with van der Waals surface area (Å²) in [6.45, 7) is 2.17. The minimum Gasteiger partial charge on any atom is -0.397 e. The number of hydrogen-bond acceptors (Lipinski definition) is 3. The number of anilines is 1. The van der Waals surface area contributed by atoms with Crippen LogP contribution in [0.4, 0.5) is 5.69 Å². The predicted octanol–water partition coefficient (Wildman–Crippen LogP) is 3.52. The molecule has 88 valence electrons. The van der Waals surface area contributed by atoms with Crippen LogP contribution in [0.15, 0.2) is 47.6 Å². The minimum absolute atomic E-state index is 0.752. The van der Waals surface area contributed by atoms with Gasteiger partial charge in [-0.05, 0) is 23.6 Å². The van der Waals surface area contributed by atoms with Gasteiger partial charge in [-0.25, -0.2) is 0 Å². The van der Waals surface area contributed by atoms with Gasteiger partial charge in [-0.1, -0.05) is 31.2 Å². The van der Waals surface area contributed by atoms with Crippen molar-refractivity contribution in [2.24, 2.45) is 0 Å². The molecule has 0 aliphatic carbocycles. The second-order valence-electron chi connectivity index (χ2n) is 3.87. The minimum atomic E-state index is 0.752. The standard InChI is InChI=1S/C14H16N2S/c1-2-11-3-5-12(6-4-11)10-17-14-7-8-16-9-13(14)15/h3-9H,2,10,15H2,1H3.